The van der Waals surface area contributed by atoms with E-state index in [2.05, 4.69) is 16.9 Å². The van der Waals surface area contributed by atoms with Crippen LogP contribution in [0.4, 0.5) is 0 Å². The Morgan fingerprint density at radius 2 is 2.26 bits per heavy atom. The molecule has 2 aromatic heterocycles. The van der Waals surface area contributed by atoms with E-state index in [4.69, 9.17) is 4.74 Å². The Morgan fingerprint density at radius 3 is 3.00 bits per heavy atom. The molecule has 5 nitrogen and oxygen atoms in total. The number of imidazole rings is 1. The van der Waals surface area contributed by atoms with E-state index >= 15 is 0 Å². The van der Waals surface area contributed by atoms with Crippen LogP contribution in [0.2, 0.25) is 0 Å². The van der Waals surface area contributed by atoms with E-state index in [0.29, 0.717) is 24.3 Å². The van der Waals surface area contributed by atoms with Gasteiger partial charge in [0.2, 0.25) is 0 Å². The highest BCUT2D eigenvalue weighted by molar-refractivity contribution is 5.76. The zero-order valence-corrected chi connectivity index (χ0v) is 11.2. The second-order valence-electron chi connectivity index (χ2n) is 4.32. The zero-order valence-electron chi connectivity index (χ0n) is 11.2. The molecule has 0 N–H and O–H groups in total. The lowest BCUT2D eigenvalue weighted by Gasteiger charge is -2.10. The molecule has 2 aromatic rings. The summed E-state index contributed by atoms with van der Waals surface area (Å²) in [5.74, 6) is 0.504. The van der Waals surface area contributed by atoms with Crippen molar-refractivity contribution in [2.75, 3.05) is 0 Å². The number of aromatic nitrogens is 3. The maximum Gasteiger partial charge on any atom is 0.172 e. The number of carbonyl (C=O) groups is 1. The maximum absolute atomic E-state index is 11.0. The number of hydrogen-bond acceptors (Lipinski definition) is 4. The second-order valence-corrected chi connectivity index (χ2v) is 4.32. The van der Waals surface area contributed by atoms with Gasteiger partial charge in [0, 0.05) is 12.2 Å². The van der Waals surface area contributed by atoms with Crippen LogP contribution in [0.15, 0.2) is 24.7 Å². The first kappa shape index (κ1) is 13.3. The highest BCUT2D eigenvalue weighted by Crippen LogP contribution is 2.16. The average Bonchev–Trinajstić information content (AvgIpc) is 2.85. The van der Waals surface area contributed by atoms with Gasteiger partial charge < -0.3 is 9.30 Å². The Labute approximate surface area is 112 Å². The third-order valence-electron chi connectivity index (χ3n) is 2.78. The normalized spacial score (nSPS) is 10.4. The second kappa shape index (κ2) is 6.13. The van der Waals surface area contributed by atoms with Gasteiger partial charge in [-0.1, -0.05) is 6.92 Å². The minimum atomic E-state index is 0.335. The van der Waals surface area contributed by atoms with Crippen LogP contribution in [0.3, 0.4) is 0 Å². The van der Waals surface area contributed by atoms with Gasteiger partial charge in [-0.2, -0.15) is 0 Å². The van der Waals surface area contributed by atoms with Crippen molar-refractivity contribution in [2.45, 2.75) is 33.4 Å². The van der Waals surface area contributed by atoms with Gasteiger partial charge in [-0.3, -0.25) is 4.79 Å². The summed E-state index contributed by atoms with van der Waals surface area (Å²) in [5.41, 5.74) is 2.12. The lowest BCUT2D eigenvalue weighted by molar-refractivity contribution is 0.111. The molecule has 100 valence electrons. The number of ether oxygens (including phenoxy) is 1. The summed E-state index contributed by atoms with van der Waals surface area (Å²) in [6, 6.07) is 3.60. The van der Waals surface area contributed by atoms with Crippen molar-refractivity contribution in [3.8, 4) is 5.75 Å². The van der Waals surface area contributed by atoms with Crippen LogP contribution >= 0.6 is 0 Å². The summed E-state index contributed by atoms with van der Waals surface area (Å²) in [6.07, 6.45) is 5.31. The van der Waals surface area contributed by atoms with Crippen molar-refractivity contribution in [1.29, 1.82) is 0 Å². The fourth-order valence-corrected chi connectivity index (χ4v) is 1.83. The van der Waals surface area contributed by atoms with Crippen molar-refractivity contribution in [2.24, 2.45) is 0 Å². The van der Waals surface area contributed by atoms with Gasteiger partial charge in [0.1, 0.15) is 18.1 Å². The minimum absolute atomic E-state index is 0.335. The van der Waals surface area contributed by atoms with Crippen LogP contribution < -0.4 is 4.74 Å². The number of carbonyl (C=O) groups excluding carboxylic acids is 1. The fourth-order valence-electron chi connectivity index (χ4n) is 1.83. The van der Waals surface area contributed by atoms with Gasteiger partial charge >= 0.3 is 0 Å². The smallest absolute Gasteiger partial charge is 0.172 e. The third-order valence-corrected chi connectivity index (χ3v) is 2.78. The van der Waals surface area contributed by atoms with Crippen LogP contribution in [0, 0.1) is 6.92 Å². The van der Waals surface area contributed by atoms with Gasteiger partial charge in [-0.15, -0.1) is 0 Å². The molecule has 0 saturated carbocycles. The molecule has 0 unspecified atom stereocenters. The maximum atomic E-state index is 11.0. The molecule has 2 heterocycles. The van der Waals surface area contributed by atoms with Gasteiger partial charge in [-0.05, 0) is 25.5 Å². The summed E-state index contributed by atoms with van der Waals surface area (Å²) in [5, 5.41) is 0. The Morgan fingerprint density at radius 1 is 1.42 bits per heavy atom. The van der Waals surface area contributed by atoms with Crippen molar-refractivity contribution >= 4 is 6.29 Å². The molecular weight excluding hydrogens is 242 g/mol. The molecule has 0 radical (unpaired) electrons. The highest BCUT2D eigenvalue weighted by Gasteiger charge is 2.07. The fraction of sp³-hybridized carbons (Fsp3) is 0.357. The van der Waals surface area contributed by atoms with E-state index in [1.165, 1.54) is 0 Å². The molecule has 0 fully saturated rings. The van der Waals surface area contributed by atoms with Gasteiger partial charge in [0.15, 0.2) is 6.29 Å². The number of hydrogen-bond donors (Lipinski definition) is 0. The number of pyridine rings is 1. The van der Waals surface area contributed by atoms with Crippen LogP contribution in [0.1, 0.15) is 35.2 Å². The zero-order chi connectivity index (χ0) is 13.7. The SMILES string of the molecule is CCCn1cncc1COc1ccc(C)nc1C=O. The average molecular weight is 259 g/mol. The largest absolute Gasteiger partial charge is 0.485 e. The van der Waals surface area contributed by atoms with E-state index < -0.39 is 0 Å². The number of aldehydes is 1. The number of aryl methyl sites for hydroxylation is 2. The molecule has 0 aliphatic heterocycles. The molecule has 5 heteroatoms. The molecule has 0 saturated heterocycles. The molecule has 0 bridgehead atoms. The van der Waals surface area contributed by atoms with Crippen LogP contribution in [0.5, 0.6) is 5.75 Å². The van der Waals surface area contributed by atoms with Crippen LogP contribution in [-0.4, -0.2) is 20.8 Å². The Hall–Kier alpha value is -2.17. The predicted octanol–water partition coefficient (Wildman–Crippen LogP) is 2.39. The summed E-state index contributed by atoms with van der Waals surface area (Å²) >= 11 is 0. The summed E-state index contributed by atoms with van der Waals surface area (Å²) in [7, 11) is 0. The highest BCUT2D eigenvalue weighted by atomic mass is 16.5. The molecule has 0 aliphatic carbocycles. The molecular formula is C14H17N3O2. The van der Waals surface area contributed by atoms with E-state index in [1.54, 1.807) is 18.6 Å². The quantitative estimate of drug-likeness (QED) is 0.747. The van der Waals surface area contributed by atoms with Crippen molar-refractivity contribution in [3.63, 3.8) is 0 Å². The lowest BCUT2D eigenvalue weighted by atomic mass is 10.3. The number of rotatable bonds is 6. The van der Waals surface area contributed by atoms with E-state index in [9.17, 15) is 4.79 Å². The van der Waals surface area contributed by atoms with E-state index in [0.717, 1.165) is 24.4 Å². The molecule has 19 heavy (non-hydrogen) atoms. The van der Waals surface area contributed by atoms with Crippen molar-refractivity contribution < 1.29 is 9.53 Å². The van der Waals surface area contributed by atoms with Gasteiger partial charge in [0.05, 0.1) is 18.2 Å². The first-order valence-corrected chi connectivity index (χ1v) is 6.29. The van der Waals surface area contributed by atoms with Gasteiger partial charge in [-0.25, -0.2) is 9.97 Å². The minimum Gasteiger partial charge on any atom is -0.485 e. The molecule has 0 aliphatic rings. The Kier molecular flexibility index (Phi) is 4.28. The molecule has 0 spiro atoms. The van der Waals surface area contributed by atoms with Crippen molar-refractivity contribution in [3.05, 3.63) is 41.7 Å². The van der Waals surface area contributed by atoms with Crippen LogP contribution in [0.25, 0.3) is 0 Å². The lowest BCUT2D eigenvalue weighted by Crippen LogP contribution is -2.06. The summed E-state index contributed by atoms with van der Waals surface area (Å²) in [6.45, 7) is 5.24. The van der Waals surface area contributed by atoms with Crippen LogP contribution in [-0.2, 0) is 13.2 Å². The topological polar surface area (TPSA) is 57.0 Å². The first-order chi connectivity index (χ1) is 9.24. The van der Waals surface area contributed by atoms with Crippen molar-refractivity contribution in [1.82, 2.24) is 14.5 Å². The molecule has 0 atom stereocenters. The Balaban J connectivity index is 2.10. The molecule has 0 aromatic carbocycles. The van der Waals surface area contributed by atoms with E-state index in [1.807, 2.05) is 17.6 Å². The third kappa shape index (κ3) is 3.19. The number of nitrogens with zero attached hydrogens (tertiary/aromatic N) is 3. The molecule has 0 amide bonds. The Bertz CT molecular complexity index is 564. The molecule has 2 rings (SSSR count). The van der Waals surface area contributed by atoms with E-state index in [-0.39, 0.29) is 0 Å². The standard InChI is InChI=1S/C14H17N3O2/c1-3-6-17-10-15-7-12(17)9-19-14-5-4-11(2)16-13(14)8-18/h4-5,7-8,10H,3,6,9H2,1-2H3. The van der Waals surface area contributed by atoms with Gasteiger partial charge in [0.25, 0.3) is 0 Å². The predicted molar refractivity (Wildman–Crippen MR) is 71.2 cm³/mol. The summed E-state index contributed by atoms with van der Waals surface area (Å²) in [4.78, 5) is 19.2. The summed E-state index contributed by atoms with van der Waals surface area (Å²) < 4.78 is 7.70. The monoisotopic (exact) mass is 259 g/mol. The first-order valence-electron chi connectivity index (χ1n) is 6.29.